The van der Waals surface area contributed by atoms with Crippen LogP contribution in [-0.2, 0) is 14.3 Å². The van der Waals surface area contributed by atoms with Crippen molar-refractivity contribution in [3.8, 4) is 22.4 Å². The van der Waals surface area contributed by atoms with E-state index in [4.69, 9.17) is 26.3 Å². The van der Waals surface area contributed by atoms with Crippen molar-refractivity contribution >= 4 is 80.4 Å². The van der Waals surface area contributed by atoms with Crippen LogP contribution in [0.3, 0.4) is 0 Å². The van der Waals surface area contributed by atoms with E-state index in [0.29, 0.717) is 99.7 Å². The molecule has 3 aromatic heterocycles. The molecular weight excluding hydrogens is 849 g/mol. The maximum atomic E-state index is 15.8. The molecule has 3 N–H and O–H groups in total. The third-order valence-electron chi connectivity index (χ3n) is 10.9. The van der Waals surface area contributed by atoms with Crippen LogP contribution in [0.1, 0.15) is 15.9 Å². The summed E-state index contributed by atoms with van der Waals surface area (Å²) < 4.78 is 23.1. The first kappa shape index (κ1) is 44.1. The van der Waals surface area contributed by atoms with Gasteiger partial charge in [-0.05, 0) is 80.7 Å². The number of anilines is 6. The molecule has 4 heterocycles. The van der Waals surface area contributed by atoms with Crippen molar-refractivity contribution in [1.82, 2.24) is 34.1 Å². The number of aromatic nitrogens is 5. The topological polar surface area (TPSA) is 162 Å². The summed E-state index contributed by atoms with van der Waals surface area (Å²) >= 11 is 6.64. The summed E-state index contributed by atoms with van der Waals surface area (Å²) in [4.78, 5) is 62.4. The molecule has 0 radical (unpaired) electrons. The highest BCUT2D eigenvalue weighted by molar-refractivity contribution is 6.33. The lowest BCUT2D eigenvalue weighted by atomic mass is 9.95. The number of morpholine rings is 1. The zero-order valence-corrected chi connectivity index (χ0v) is 36.9. The molecule has 4 aromatic carbocycles. The number of hydrogen-bond acceptors (Lipinski definition) is 11. The van der Waals surface area contributed by atoms with Crippen LogP contribution in [0.2, 0.25) is 5.02 Å². The number of nitrogens with zero attached hydrogens (tertiary/aromatic N) is 8. The minimum Gasteiger partial charge on any atom is -0.378 e. The third kappa shape index (κ3) is 9.55. The molecule has 17 heteroatoms. The molecule has 15 nitrogen and oxygen atoms in total. The van der Waals surface area contributed by atoms with Gasteiger partial charge in [-0.15, -0.1) is 0 Å². The highest BCUT2D eigenvalue weighted by Gasteiger charge is 2.23. The van der Waals surface area contributed by atoms with Gasteiger partial charge in [-0.1, -0.05) is 48.5 Å². The Hall–Kier alpha value is -7.53. The van der Waals surface area contributed by atoms with Crippen LogP contribution < -0.4 is 20.9 Å². The number of rotatable bonds is 13. The Morgan fingerprint density at radius 2 is 1.72 bits per heavy atom. The van der Waals surface area contributed by atoms with E-state index in [1.165, 1.54) is 36.4 Å². The molecule has 0 spiro atoms. The van der Waals surface area contributed by atoms with E-state index in [2.05, 4.69) is 32.5 Å². The Morgan fingerprint density at radius 3 is 2.51 bits per heavy atom. The molecule has 330 valence electrons. The van der Waals surface area contributed by atoms with Crippen molar-refractivity contribution in [2.75, 3.05) is 74.8 Å². The molecule has 0 bridgehead atoms. The van der Waals surface area contributed by atoms with E-state index in [0.717, 1.165) is 11.1 Å². The second kappa shape index (κ2) is 19.1. The fourth-order valence-electron chi connectivity index (χ4n) is 7.44. The standard InChI is InChI=1S/C48H45ClFN11O4/c1-6-43(62)53-32-11-7-10-30(22-32)45-35(49)26-52-48(57-45)56-38-16-15-31(47(64)60-18-20-65-21-19-60)23-34(38)33-12-8-13-37(29(33)2)54-46-42-27-51-28-61(42)41-25-40(36(50)24-39(41)55-46)59(5)44(63)14-9-17-58(3)4/h6-16,22-28H,1,17-21H2,2-5H3,(H,53,62)(H,54,55)(H,52,56,57)/b14-9+. The fraction of sp³-hybridized carbons (Fsp3) is 0.188. The molecule has 0 atom stereocenters. The van der Waals surface area contributed by atoms with Crippen LogP contribution in [0.15, 0.2) is 116 Å². The molecule has 0 unspecified atom stereocenters. The Morgan fingerprint density at radius 1 is 0.923 bits per heavy atom. The van der Waals surface area contributed by atoms with E-state index < -0.39 is 5.82 Å². The largest absolute Gasteiger partial charge is 0.378 e. The van der Waals surface area contributed by atoms with Crippen LogP contribution in [-0.4, -0.2) is 106 Å². The fourth-order valence-corrected chi connectivity index (χ4v) is 7.64. The predicted octanol–water partition coefficient (Wildman–Crippen LogP) is 8.27. The van der Waals surface area contributed by atoms with Gasteiger partial charge in [-0.3, -0.25) is 18.8 Å². The van der Waals surface area contributed by atoms with Crippen molar-refractivity contribution in [2.45, 2.75) is 6.92 Å². The highest BCUT2D eigenvalue weighted by atomic mass is 35.5. The van der Waals surface area contributed by atoms with Crippen LogP contribution in [0.5, 0.6) is 0 Å². The van der Waals surface area contributed by atoms with Gasteiger partial charge in [0.15, 0.2) is 5.82 Å². The summed E-state index contributed by atoms with van der Waals surface area (Å²) in [6.07, 6.45) is 9.11. The Labute approximate surface area is 379 Å². The summed E-state index contributed by atoms with van der Waals surface area (Å²) in [5, 5.41) is 9.89. The Bertz CT molecular complexity index is 3020. The molecule has 0 aliphatic carbocycles. The quantitative estimate of drug-likeness (QED) is 0.0956. The van der Waals surface area contributed by atoms with E-state index in [9.17, 15) is 14.4 Å². The number of carbonyl (C=O) groups is 3. The minimum absolute atomic E-state index is 0.0977. The highest BCUT2D eigenvalue weighted by Crippen LogP contribution is 2.38. The summed E-state index contributed by atoms with van der Waals surface area (Å²) in [5.41, 5.74) is 7.28. The third-order valence-corrected chi connectivity index (χ3v) is 11.1. The van der Waals surface area contributed by atoms with Crippen molar-refractivity contribution in [3.63, 3.8) is 0 Å². The first-order valence-corrected chi connectivity index (χ1v) is 21.0. The number of fused-ring (bicyclic) bond motifs is 3. The maximum Gasteiger partial charge on any atom is 0.254 e. The molecule has 7 aromatic rings. The van der Waals surface area contributed by atoms with Gasteiger partial charge >= 0.3 is 0 Å². The van der Waals surface area contributed by atoms with Crippen molar-refractivity contribution in [3.05, 3.63) is 138 Å². The average molecular weight is 894 g/mol. The lowest BCUT2D eigenvalue weighted by molar-refractivity contribution is -0.114. The van der Waals surface area contributed by atoms with Crippen molar-refractivity contribution in [1.29, 1.82) is 0 Å². The normalized spacial score (nSPS) is 12.8. The van der Waals surface area contributed by atoms with Crippen LogP contribution >= 0.6 is 11.6 Å². The van der Waals surface area contributed by atoms with Crippen LogP contribution in [0.25, 0.3) is 38.9 Å². The number of imidazole rings is 1. The summed E-state index contributed by atoms with van der Waals surface area (Å²) in [6, 6.07) is 21.2. The van der Waals surface area contributed by atoms with Gasteiger partial charge in [0.05, 0.1) is 59.4 Å². The first-order valence-electron chi connectivity index (χ1n) is 20.6. The number of likely N-dealkylation sites (N-methyl/N-ethyl adjacent to an activating group) is 2. The number of ether oxygens (including phenoxy) is 1. The maximum absolute atomic E-state index is 15.8. The van der Waals surface area contributed by atoms with Gasteiger partial charge < -0.3 is 35.4 Å². The number of nitrogens with one attached hydrogen (secondary N) is 3. The molecule has 1 aliphatic rings. The number of carbonyl (C=O) groups excluding carboxylic acids is 3. The van der Waals surface area contributed by atoms with E-state index in [1.807, 2.05) is 62.3 Å². The van der Waals surface area contributed by atoms with Gasteiger partial charge in [-0.2, -0.15) is 0 Å². The Balaban J connectivity index is 1.16. The smallest absolute Gasteiger partial charge is 0.254 e. The molecule has 65 heavy (non-hydrogen) atoms. The second-order valence-electron chi connectivity index (χ2n) is 15.5. The lowest BCUT2D eigenvalue weighted by Crippen LogP contribution is -2.40. The van der Waals surface area contributed by atoms with E-state index >= 15 is 4.39 Å². The number of benzene rings is 4. The number of hydrogen-bond donors (Lipinski definition) is 3. The second-order valence-corrected chi connectivity index (χ2v) is 15.9. The Kier molecular flexibility index (Phi) is 12.9. The zero-order valence-electron chi connectivity index (χ0n) is 36.1. The van der Waals surface area contributed by atoms with Gasteiger partial charge in [0.2, 0.25) is 11.9 Å². The molecular formula is C48H45ClFN11O4. The molecule has 8 rings (SSSR count). The van der Waals surface area contributed by atoms with Crippen molar-refractivity contribution < 1.29 is 23.5 Å². The first-order chi connectivity index (χ1) is 31.4. The average Bonchev–Trinajstić information content (AvgIpc) is 3.81. The summed E-state index contributed by atoms with van der Waals surface area (Å²) in [6.45, 7) is 7.90. The van der Waals surface area contributed by atoms with Crippen LogP contribution in [0, 0.1) is 12.7 Å². The van der Waals surface area contributed by atoms with Crippen molar-refractivity contribution in [2.24, 2.45) is 0 Å². The summed E-state index contributed by atoms with van der Waals surface area (Å²) in [7, 11) is 5.31. The SMILES string of the molecule is C=CC(=O)Nc1cccc(-c2nc(Nc3ccc(C(=O)N4CCOCC4)cc3-c3cccc(Nc4nc5cc(F)c(N(C)C(=O)/C=C/CN(C)C)cc5n5cncc45)c3C)ncc2Cl)c1. The van der Waals surface area contributed by atoms with Gasteiger partial charge in [0, 0.05) is 72.6 Å². The van der Waals surface area contributed by atoms with Gasteiger partial charge in [0.25, 0.3) is 11.8 Å². The molecule has 1 aliphatic heterocycles. The molecule has 0 saturated carbocycles. The van der Waals surface area contributed by atoms with Gasteiger partial charge in [-0.25, -0.2) is 24.3 Å². The number of amides is 3. The lowest BCUT2D eigenvalue weighted by Gasteiger charge is -2.27. The molecule has 3 amide bonds. The minimum atomic E-state index is -0.612. The summed E-state index contributed by atoms with van der Waals surface area (Å²) in [5.74, 6) is -0.807. The zero-order chi connectivity index (χ0) is 45.8. The predicted molar refractivity (Wildman–Crippen MR) is 253 cm³/mol. The van der Waals surface area contributed by atoms with E-state index in [1.54, 1.807) is 58.2 Å². The number of halogens is 2. The monoisotopic (exact) mass is 893 g/mol. The van der Waals surface area contributed by atoms with E-state index in [-0.39, 0.29) is 29.4 Å². The van der Waals surface area contributed by atoms with Gasteiger partial charge in [0.1, 0.15) is 11.3 Å². The van der Waals surface area contributed by atoms with Crippen LogP contribution in [0.4, 0.5) is 38.9 Å². The molecule has 1 saturated heterocycles. The molecule has 1 fully saturated rings.